The van der Waals surface area contributed by atoms with Gasteiger partial charge in [0, 0.05) is 35.5 Å². The van der Waals surface area contributed by atoms with Gasteiger partial charge in [0.1, 0.15) is 17.3 Å². The minimum Gasteiger partial charge on any atom is -0.438 e. The van der Waals surface area contributed by atoms with Gasteiger partial charge in [-0.05, 0) is 79.9 Å². The van der Waals surface area contributed by atoms with E-state index in [2.05, 4.69) is 17.0 Å². The molecule has 1 aliphatic rings. The molecule has 0 unspecified atom stereocenters. The normalized spacial score (nSPS) is 15.3. The number of rotatable bonds is 4. The molecule has 0 fully saturated rings. The van der Waals surface area contributed by atoms with E-state index in [4.69, 9.17) is 21.0 Å². The van der Waals surface area contributed by atoms with Gasteiger partial charge in [-0.25, -0.2) is 13.8 Å². The van der Waals surface area contributed by atoms with Crippen LogP contribution in [0.2, 0.25) is 5.02 Å². The van der Waals surface area contributed by atoms with Crippen LogP contribution in [0.1, 0.15) is 34.2 Å². The first kappa shape index (κ1) is 26.2. The van der Waals surface area contributed by atoms with Gasteiger partial charge in [-0.15, -0.1) is 0 Å². The molecule has 0 saturated carbocycles. The van der Waals surface area contributed by atoms with Gasteiger partial charge in [-0.3, -0.25) is 14.3 Å². The molecule has 3 aromatic carbocycles. The van der Waals surface area contributed by atoms with Crippen molar-refractivity contribution < 1.29 is 13.2 Å². The number of likely N-dealkylation sites (N-methyl/N-ethyl adjacent to an activating group) is 1. The molecule has 8 heteroatoms. The Morgan fingerprint density at radius 1 is 0.975 bits per heavy atom. The average molecular weight is 558 g/mol. The number of oxazole rings is 1. The lowest BCUT2D eigenvalue weighted by atomic mass is 9.94. The van der Waals surface area contributed by atoms with Crippen LogP contribution in [0, 0.1) is 25.5 Å². The van der Waals surface area contributed by atoms with Crippen LogP contribution in [-0.4, -0.2) is 21.5 Å². The number of nitrogens with zero attached hydrogens (tertiary/aromatic N) is 3. The van der Waals surface area contributed by atoms with Gasteiger partial charge in [0.2, 0.25) is 5.89 Å². The number of fused-ring (bicyclic) bond motifs is 1. The third-order valence-electron chi connectivity index (χ3n) is 7.47. The number of benzene rings is 3. The second kappa shape index (κ2) is 10.2. The molecule has 0 N–H and O–H groups in total. The van der Waals surface area contributed by atoms with E-state index < -0.39 is 11.6 Å². The number of pyridine rings is 1. The van der Waals surface area contributed by atoms with Crippen molar-refractivity contribution in [2.24, 2.45) is 0 Å². The van der Waals surface area contributed by atoms with Gasteiger partial charge in [-0.2, -0.15) is 0 Å². The summed E-state index contributed by atoms with van der Waals surface area (Å²) in [4.78, 5) is 20.1. The van der Waals surface area contributed by atoms with E-state index in [9.17, 15) is 9.18 Å². The van der Waals surface area contributed by atoms with Crippen LogP contribution in [0.3, 0.4) is 0 Å². The fourth-order valence-corrected chi connectivity index (χ4v) is 5.87. The topological polar surface area (TPSA) is 51.3 Å². The van der Waals surface area contributed by atoms with Crippen LogP contribution >= 0.6 is 11.6 Å². The van der Waals surface area contributed by atoms with E-state index in [0.29, 0.717) is 40.8 Å². The first-order chi connectivity index (χ1) is 19.2. The maximum absolute atomic E-state index is 15.1. The van der Waals surface area contributed by atoms with Crippen LogP contribution in [0.25, 0.3) is 28.3 Å². The molecule has 0 saturated heterocycles. The standard InChI is InChI=1S/C32H26ClF2N3O2/c1-18-12-23(33)13-19(2)30(18)38-17-22(8-11-28(38)39)29-31(25-10-9-24(34)15-26(25)35)40-32(36-29)27-14-20-6-4-5-7-21(20)16-37(27)3/h4-13,15,17,27H,14,16H2,1-3H3/t27-/m1/s1. The third kappa shape index (κ3) is 4.65. The largest absolute Gasteiger partial charge is 0.438 e. The Balaban J connectivity index is 1.53. The molecule has 3 heterocycles. The van der Waals surface area contributed by atoms with Gasteiger partial charge in [0.15, 0.2) is 5.76 Å². The molecule has 0 radical (unpaired) electrons. The molecule has 40 heavy (non-hydrogen) atoms. The first-order valence-corrected chi connectivity index (χ1v) is 13.3. The summed E-state index contributed by atoms with van der Waals surface area (Å²) < 4.78 is 36.8. The molecule has 5 aromatic rings. The Morgan fingerprint density at radius 2 is 1.70 bits per heavy atom. The van der Waals surface area contributed by atoms with Crippen LogP contribution in [0.5, 0.6) is 0 Å². The summed E-state index contributed by atoms with van der Waals surface area (Å²) in [6, 6.07) is 18.1. The second-order valence-electron chi connectivity index (χ2n) is 10.3. The fourth-order valence-electron chi connectivity index (χ4n) is 5.55. The highest BCUT2D eigenvalue weighted by molar-refractivity contribution is 6.30. The minimum absolute atomic E-state index is 0.0885. The van der Waals surface area contributed by atoms with Crippen LogP contribution in [-0.2, 0) is 13.0 Å². The van der Waals surface area contributed by atoms with E-state index in [1.54, 1.807) is 29.0 Å². The Hall–Kier alpha value is -4.07. The Kier molecular flexibility index (Phi) is 6.64. The summed E-state index contributed by atoms with van der Waals surface area (Å²) >= 11 is 6.24. The molecule has 2 aromatic heterocycles. The molecule has 1 atom stereocenters. The highest BCUT2D eigenvalue weighted by Crippen LogP contribution is 2.39. The minimum atomic E-state index is -0.760. The molecule has 0 aliphatic carbocycles. The summed E-state index contributed by atoms with van der Waals surface area (Å²) in [5.74, 6) is -0.853. The van der Waals surface area contributed by atoms with Crippen molar-refractivity contribution in [3.05, 3.63) is 128 Å². The number of hydrogen-bond acceptors (Lipinski definition) is 4. The van der Waals surface area contributed by atoms with Gasteiger partial charge >= 0.3 is 0 Å². The second-order valence-corrected chi connectivity index (χ2v) is 10.7. The molecule has 0 amide bonds. The van der Waals surface area contributed by atoms with Gasteiger partial charge < -0.3 is 4.42 Å². The maximum atomic E-state index is 15.1. The highest BCUT2D eigenvalue weighted by Gasteiger charge is 2.31. The fraction of sp³-hybridized carbons (Fsp3) is 0.188. The van der Waals surface area contributed by atoms with E-state index in [-0.39, 0.29) is 22.9 Å². The van der Waals surface area contributed by atoms with Gasteiger partial charge in [0.25, 0.3) is 5.56 Å². The molecule has 0 bridgehead atoms. The zero-order chi connectivity index (χ0) is 28.1. The summed E-state index contributed by atoms with van der Waals surface area (Å²) in [6.45, 7) is 4.48. The molecule has 5 nitrogen and oxygen atoms in total. The van der Waals surface area contributed by atoms with Crippen molar-refractivity contribution in [2.75, 3.05) is 7.05 Å². The predicted octanol–water partition coefficient (Wildman–Crippen LogP) is 7.44. The van der Waals surface area contributed by atoms with Crippen molar-refractivity contribution >= 4 is 11.6 Å². The van der Waals surface area contributed by atoms with Crippen molar-refractivity contribution in [1.82, 2.24) is 14.5 Å². The van der Waals surface area contributed by atoms with Gasteiger partial charge in [-0.1, -0.05) is 35.9 Å². The van der Waals surface area contributed by atoms with E-state index in [1.165, 1.54) is 29.3 Å². The van der Waals surface area contributed by atoms with Gasteiger partial charge in [0.05, 0.1) is 17.3 Å². The molecule has 202 valence electrons. The summed E-state index contributed by atoms with van der Waals surface area (Å²) in [6.07, 6.45) is 2.35. The molecular weight excluding hydrogens is 532 g/mol. The summed E-state index contributed by atoms with van der Waals surface area (Å²) in [7, 11) is 1.99. The zero-order valence-electron chi connectivity index (χ0n) is 22.2. The number of aromatic nitrogens is 2. The average Bonchev–Trinajstić information content (AvgIpc) is 3.33. The smallest absolute Gasteiger partial charge is 0.255 e. The number of aryl methyl sites for hydroxylation is 2. The zero-order valence-corrected chi connectivity index (χ0v) is 23.0. The molecule has 6 rings (SSSR count). The molecular formula is C32H26ClF2N3O2. The number of hydrogen-bond donors (Lipinski definition) is 0. The van der Waals surface area contributed by atoms with Crippen LogP contribution < -0.4 is 5.56 Å². The summed E-state index contributed by atoms with van der Waals surface area (Å²) in [5.41, 5.74) is 5.57. The van der Waals surface area contributed by atoms with E-state index >= 15 is 4.39 Å². The molecule has 1 aliphatic heterocycles. The first-order valence-electron chi connectivity index (χ1n) is 12.9. The van der Waals surface area contributed by atoms with Crippen molar-refractivity contribution in [3.63, 3.8) is 0 Å². The maximum Gasteiger partial charge on any atom is 0.255 e. The quantitative estimate of drug-likeness (QED) is 0.230. The monoisotopic (exact) mass is 557 g/mol. The number of halogens is 3. The Morgan fingerprint density at radius 3 is 2.42 bits per heavy atom. The van der Waals surface area contributed by atoms with Crippen molar-refractivity contribution in [1.29, 1.82) is 0 Å². The predicted molar refractivity (Wildman–Crippen MR) is 152 cm³/mol. The van der Waals surface area contributed by atoms with Crippen LogP contribution in [0.4, 0.5) is 8.78 Å². The molecule has 0 spiro atoms. The summed E-state index contributed by atoms with van der Waals surface area (Å²) in [5, 5.41) is 0.580. The van der Waals surface area contributed by atoms with E-state index in [1.807, 2.05) is 33.0 Å². The highest BCUT2D eigenvalue weighted by atomic mass is 35.5. The third-order valence-corrected chi connectivity index (χ3v) is 7.69. The van der Waals surface area contributed by atoms with E-state index in [0.717, 1.165) is 17.2 Å². The van der Waals surface area contributed by atoms with Crippen LogP contribution in [0.15, 0.2) is 82.1 Å². The SMILES string of the molecule is Cc1cc(Cl)cc(C)c1-n1cc(-c2nc([C@H]3Cc4ccccc4CN3C)oc2-c2ccc(F)cc2F)ccc1=O. The Bertz CT molecular complexity index is 1800. The van der Waals surface area contributed by atoms with Crippen molar-refractivity contribution in [3.8, 4) is 28.3 Å². The lowest BCUT2D eigenvalue weighted by Gasteiger charge is -2.31. The Labute approximate surface area is 235 Å². The lowest BCUT2D eigenvalue weighted by molar-refractivity contribution is 0.186. The lowest BCUT2D eigenvalue weighted by Crippen LogP contribution is -2.31. The van der Waals surface area contributed by atoms with Crippen molar-refractivity contribution in [2.45, 2.75) is 32.9 Å².